The molecule has 5 heteroatoms. The van der Waals surface area contributed by atoms with E-state index in [0.717, 1.165) is 0 Å². The largest absolute Gasteiger partial charge is 0.491 e. The fourth-order valence-electron chi connectivity index (χ4n) is 1.82. The van der Waals surface area contributed by atoms with Crippen molar-refractivity contribution < 1.29 is 18.3 Å². The Hall–Kier alpha value is -2.29. The molecular weight excluding hydrogens is 312 g/mol. The Bertz CT molecular complexity index is 759. The molecule has 0 spiro atoms. The SMILES string of the molecule is O=S(=O)(CC#CCC(O)COc1ccccc1)c1ccccc1. The van der Waals surface area contributed by atoms with Gasteiger partial charge in [0.25, 0.3) is 0 Å². The van der Waals surface area contributed by atoms with Crippen LogP contribution in [0.1, 0.15) is 6.42 Å². The molecule has 1 atom stereocenters. The van der Waals surface area contributed by atoms with E-state index in [2.05, 4.69) is 11.8 Å². The third-order valence-electron chi connectivity index (χ3n) is 3.01. The van der Waals surface area contributed by atoms with Crippen molar-refractivity contribution in [3.8, 4) is 17.6 Å². The zero-order valence-electron chi connectivity index (χ0n) is 12.6. The number of aliphatic hydroxyl groups is 1. The summed E-state index contributed by atoms with van der Waals surface area (Å²) in [4.78, 5) is 0.252. The number of sulfone groups is 1. The summed E-state index contributed by atoms with van der Waals surface area (Å²) in [7, 11) is -3.40. The highest BCUT2D eigenvalue weighted by molar-refractivity contribution is 7.91. The van der Waals surface area contributed by atoms with E-state index in [0.29, 0.717) is 5.75 Å². The fourth-order valence-corrected chi connectivity index (χ4v) is 2.85. The average Bonchev–Trinajstić information content (AvgIpc) is 2.59. The van der Waals surface area contributed by atoms with E-state index in [9.17, 15) is 13.5 Å². The van der Waals surface area contributed by atoms with E-state index in [1.54, 1.807) is 42.5 Å². The van der Waals surface area contributed by atoms with Crippen molar-refractivity contribution in [2.75, 3.05) is 12.4 Å². The number of hydrogen-bond acceptors (Lipinski definition) is 4. The average molecular weight is 330 g/mol. The van der Waals surface area contributed by atoms with Gasteiger partial charge in [0.15, 0.2) is 9.84 Å². The molecule has 0 fully saturated rings. The van der Waals surface area contributed by atoms with Crippen molar-refractivity contribution in [2.24, 2.45) is 0 Å². The molecule has 0 radical (unpaired) electrons. The smallest absolute Gasteiger partial charge is 0.189 e. The Morgan fingerprint density at radius 1 is 0.957 bits per heavy atom. The number of rotatable bonds is 6. The van der Waals surface area contributed by atoms with Gasteiger partial charge in [-0.3, -0.25) is 0 Å². The first-order valence-corrected chi connectivity index (χ1v) is 8.82. The molecule has 23 heavy (non-hydrogen) atoms. The Kier molecular flexibility index (Phi) is 6.21. The third-order valence-corrected chi connectivity index (χ3v) is 4.53. The first-order valence-electron chi connectivity index (χ1n) is 7.17. The Balaban J connectivity index is 1.79. The summed E-state index contributed by atoms with van der Waals surface area (Å²) >= 11 is 0. The van der Waals surface area contributed by atoms with Gasteiger partial charge in [0, 0.05) is 6.42 Å². The monoisotopic (exact) mass is 330 g/mol. The number of benzene rings is 2. The molecule has 0 saturated carbocycles. The van der Waals surface area contributed by atoms with Crippen LogP contribution >= 0.6 is 0 Å². The van der Waals surface area contributed by atoms with Gasteiger partial charge in [0.2, 0.25) is 0 Å². The van der Waals surface area contributed by atoms with Crippen LogP contribution in [0, 0.1) is 11.8 Å². The van der Waals surface area contributed by atoms with E-state index < -0.39 is 15.9 Å². The lowest BCUT2D eigenvalue weighted by atomic mass is 10.3. The zero-order valence-corrected chi connectivity index (χ0v) is 13.4. The van der Waals surface area contributed by atoms with Gasteiger partial charge in [-0.05, 0) is 24.3 Å². The Morgan fingerprint density at radius 3 is 2.22 bits per heavy atom. The lowest BCUT2D eigenvalue weighted by Crippen LogP contribution is -2.16. The molecular formula is C18H18O4S. The van der Waals surface area contributed by atoms with Crippen LogP contribution in [0.25, 0.3) is 0 Å². The first-order chi connectivity index (χ1) is 11.1. The molecule has 2 rings (SSSR count). The van der Waals surface area contributed by atoms with E-state index in [-0.39, 0.29) is 23.7 Å². The second-order valence-electron chi connectivity index (χ2n) is 4.91. The molecule has 0 amide bonds. The maximum atomic E-state index is 12.0. The van der Waals surface area contributed by atoms with Crippen LogP contribution in [0.4, 0.5) is 0 Å². The predicted octanol–water partition coefficient (Wildman–Crippen LogP) is 2.29. The number of hydrogen-bond donors (Lipinski definition) is 1. The maximum Gasteiger partial charge on any atom is 0.189 e. The summed E-state index contributed by atoms with van der Waals surface area (Å²) in [5, 5.41) is 9.78. The molecule has 0 saturated heterocycles. The molecule has 1 N–H and O–H groups in total. The second kappa shape index (κ2) is 8.37. The van der Waals surface area contributed by atoms with Crippen molar-refractivity contribution >= 4 is 9.84 Å². The lowest BCUT2D eigenvalue weighted by molar-refractivity contribution is 0.111. The van der Waals surface area contributed by atoms with Crippen molar-refractivity contribution in [1.82, 2.24) is 0 Å². The Morgan fingerprint density at radius 2 is 1.57 bits per heavy atom. The van der Waals surface area contributed by atoms with Crippen LogP contribution in [0.15, 0.2) is 65.6 Å². The molecule has 4 nitrogen and oxygen atoms in total. The zero-order chi connectivity index (χ0) is 16.5. The van der Waals surface area contributed by atoms with Crippen molar-refractivity contribution in [3.05, 3.63) is 60.7 Å². The molecule has 2 aromatic carbocycles. The van der Waals surface area contributed by atoms with Crippen LogP contribution in [0.3, 0.4) is 0 Å². The van der Waals surface area contributed by atoms with Gasteiger partial charge in [-0.25, -0.2) is 8.42 Å². The lowest BCUT2D eigenvalue weighted by Gasteiger charge is -2.09. The summed E-state index contributed by atoms with van der Waals surface area (Å²) in [6.45, 7) is 0.115. The fraction of sp³-hybridized carbons (Fsp3) is 0.222. The molecule has 0 bridgehead atoms. The second-order valence-corrected chi connectivity index (χ2v) is 6.90. The van der Waals surface area contributed by atoms with Gasteiger partial charge in [-0.15, -0.1) is 0 Å². The molecule has 2 aromatic rings. The van der Waals surface area contributed by atoms with Crippen molar-refractivity contribution in [2.45, 2.75) is 17.4 Å². The van der Waals surface area contributed by atoms with Crippen LogP contribution < -0.4 is 4.74 Å². The molecule has 120 valence electrons. The Labute approximate surface area is 136 Å². The third kappa shape index (κ3) is 5.78. The highest BCUT2D eigenvalue weighted by Crippen LogP contribution is 2.10. The molecule has 0 aliphatic rings. The maximum absolute atomic E-state index is 12.0. The quantitative estimate of drug-likeness (QED) is 0.826. The molecule has 0 aliphatic heterocycles. The number of aliphatic hydroxyl groups excluding tert-OH is 1. The van der Waals surface area contributed by atoms with Crippen molar-refractivity contribution in [1.29, 1.82) is 0 Å². The molecule has 0 aromatic heterocycles. The standard InChI is InChI=1S/C18H18O4S/c19-16(15-22-17-10-3-1-4-11-17)9-7-8-14-23(20,21)18-12-5-2-6-13-18/h1-6,10-13,16,19H,9,14-15H2. The molecule has 1 unspecified atom stereocenters. The van der Waals surface area contributed by atoms with Crippen LogP contribution in [0.5, 0.6) is 5.75 Å². The van der Waals surface area contributed by atoms with Crippen LogP contribution in [0.2, 0.25) is 0 Å². The van der Waals surface area contributed by atoms with Gasteiger partial charge in [0.1, 0.15) is 18.1 Å². The topological polar surface area (TPSA) is 63.6 Å². The highest BCUT2D eigenvalue weighted by atomic mass is 32.2. The van der Waals surface area contributed by atoms with Crippen LogP contribution in [-0.2, 0) is 9.84 Å². The van der Waals surface area contributed by atoms with Gasteiger partial charge in [-0.1, -0.05) is 48.2 Å². The summed E-state index contributed by atoms with van der Waals surface area (Å²) in [5.74, 6) is 5.70. The van der Waals surface area contributed by atoms with Gasteiger partial charge < -0.3 is 9.84 Å². The van der Waals surface area contributed by atoms with Gasteiger partial charge in [0.05, 0.1) is 11.0 Å². The number of ether oxygens (including phenoxy) is 1. The van der Waals surface area contributed by atoms with E-state index in [1.165, 1.54) is 0 Å². The normalized spacial score (nSPS) is 12.0. The summed E-state index contributed by atoms with van der Waals surface area (Å²) in [6.07, 6.45) is -0.598. The van der Waals surface area contributed by atoms with E-state index >= 15 is 0 Å². The summed E-state index contributed by atoms with van der Waals surface area (Å²) in [5.41, 5.74) is 0. The minimum atomic E-state index is -3.40. The predicted molar refractivity (Wildman–Crippen MR) is 88.8 cm³/mol. The highest BCUT2D eigenvalue weighted by Gasteiger charge is 2.11. The van der Waals surface area contributed by atoms with Gasteiger partial charge in [-0.2, -0.15) is 0 Å². The van der Waals surface area contributed by atoms with E-state index in [4.69, 9.17) is 4.74 Å². The summed E-state index contributed by atoms with van der Waals surface area (Å²) < 4.78 is 29.4. The van der Waals surface area contributed by atoms with E-state index in [1.807, 2.05) is 18.2 Å². The summed E-state index contributed by atoms with van der Waals surface area (Å²) in [6, 6.07) is 17.3. The van der Waals surface area contributed by atoms with Crippen LogP contribution in [-0.4, -0.2) is 32.0 Å². The number of para-hydroxylation sites is 1. The molecule has 0 heterocycles. The first kappa shape index (κ1) is 17.1. The minimum Gasteiger partial charge on any atom is -0.491 e. The molecule has 0 aliphatic carbocycles. The minimum absolute atomic E-state index is 0.115. The van der Waals surface area contributed by atoms with Gasteiger partial charge >= 0.3 is 0 Å². The van der Waals surface area contributed by atoms with Crippen molar-refractivity contribution in [3.63, 3.8) is 0 Å².